The number of hydrogen-bond donors (Lipinski definition) is 2. The van der Waals surface area contributed by atoms with Crippen molar-refractivity contribution in [1.29, 1.82) is 0 Å². The monoisotopic (exact) mass is 561 g/mol. The van der Waals surface area contributed by atoms with Gasteiger partial charge >= 0.3 is 5.97 Å². The first kappa shape index (κ1) is 29.5. The molecule has 40 heavy (non-hydrogen) atoms. The second-order valence-corrected chi connectivity index (χ2v) is 12.0. The Bertz CT molecular complexity index is 1340. The van der Waals surface area contributed by atoms with E-state index in [9.17, 15) is 19.5 Å². The van der Waals surface area contributed by atoms with Crippen LogP contribution in [0.4, 0.5) is 0 Å². The van der Waals surface area contributed by atoms with Gasteiger partial charge in [-0.15, -0.1) is 11.3 Å². The molecule has 0 spiro atoms. The Morgan fingerprint density at radius 1 is 1.00 bits per heavy atom. The lowest BCUT2D eigenvalue weighted by atomic mass is 9.84. The van der Waals surface area contributed by atoms with Gasteiger partial charge in [-0.25, -0.2) is 4.79 Å². The number of aliphatic carboxylic acids is 1. The minimum Gasteiger partial charge on any atom is -0.497 e. The molecule has 1 fully saturated rings. The zero-order chi connectivity index (χ0) is 28.8. The van der Waals surface area contributed by atoms with Gasteiger partial charge in [0.15, 0.2) is 0 Å². The maximum absolute atomic E-state index is 13.6. The topological polar surface area (TPSA) is 92.7 Å². The number of amides is 1. The zero-order valence-electron chi connectivity index (χ0n) is 23.8. The molecule has 1 amide bonds. The van der Waals surface area contributed by atoms with Crippen LogP contribution in [0.15, 0.2) is 42.5 Å². The second kappa shape index (κ2) is 13.3. The fraction of sp³-hybridized carbons (Fsp3) is 0.424. The Balaban J connectivity index is 1.57. The smallest absolute Gasteiger partial charge is 0.326 e. The number of carboxylic acid groups (broad SMARTS) is 1. The maximum Gasteiger partial charge on any atom is 0.326 e. The third-order valence-corrected chi connectivity index (χ3v) is 9.17. The molecule has 0 aliphatic heterocycles. The molecule has 1 heterocycles. The zero-order valence-corrected chi connectivity index (χ0v) is 24.7. The van der Waals surface area contributed by atoms with E-state index in [-0.39, 0.29) is 18.1 Å². The predicted octanol–water partition coefficient (Wildman–Crippen LogP) is 6.86. The van der Waals surface area contributed by atoms with Crippen molar-refractivity contribution < 1.29 is 24.2 Å². The number of carboxylic acids is 1. The molecule has 2 N–H and O–H groups in total. The van der Waals surface area contributed by atoms with Gasteiger partial charge < -0.3 is 15.2 Å². The normalized spacial score (nSPS) is 14.5. The number of nitrogens with one attached hydrogen (secondary N) is 1. The molecule has 0 bridgehead atoms. The first-order valence-electron chi connectivity index (χ1n) is 14.1. The maximum atomic E-state index is 13.6. The SMILES string of the molecule is COc1ccc(-c2cc(CC(=O)CCc3c(C)cc(C)cc3C)c(C(=O)N[C@H](C(=O)O)C3CCCCC3)s2)cc1. The minimum atomic E-state index is -1.01. The van der Waals surface area contributed by atoms with E-state index in [2.05, 4.69) is 38.2 Å². The highest BCUT2D eigenvalue weighted by molar-refractivity contribution is 7.17. The Morgan fingerprint density at radius 2 is 1.65 bits per heavy atom. The number of ether oxygens (including phenoxy) is 1. The van der Waals surface area contributed by atoms with Crippen LogP contribution in [0.3, 0.4) is 0 Å². The van der Waals surface area contributed by atoms with Crippen molar-refractivity contribution in [2.24, 2.45) is 5.92 Å². The number of benzene rings is 2. The molecule has 3 aromatic rings. The van der Waals surface area contributed by atoms with Crippen LogP contribution in [0.2, 0.25) is 0 Å². The van der Waals surface area contributed by atoms with Crippen LogP contribution >= 0.6 is 11.3 Å². The van der Waals surface area contributed by atoms with Crippen molar-refractivity contribution in [3.05, 3.63) is 75.2 Å². The Kier molecular flexibility index (Phi) is 9.80. The van der Waals surface area contributed by atoms with Crippen LogP contribution in [0.5, 0.6) is 5.75 Å². The molecule has 2 aromatic carbocycles. The Hall–Kier alpha value is -3.45. The number of carbonyl (C=O) groups excluding carboxylic acids is 2. The van der Waals surface area contributed by atoms with Crippen molar-refractivity contribution in [1.82, 2.24) is 5.32 Å². The lowest BCUT2D eigenvalue weighted by Gasteiger charge is -2.28. The highest BCUT2D eigenvalue weighted by Crippen LogP contribution is 2.34. The molecule has 1 aromatic heterocycles. The van der Waals surface area contributed by atoms with Gasteiger partial charge in [0.25, 0.3) is 5.91 Å². The van der Waals surface area contributed by atoms with Crippen LogP contribution in [0, 0.1) is 26.7 Å². The molecule has 7 heteroatoms. The number of Topliss-reactive ketones (excluding diaryl/α,β-unsaturated/α-hetero) is 1. The molecule has 0 radical (unpaired) electrons. The van der Waals surface area contributed by atoms with Gasteiger partial charge in [-0.3, -0.25) is 9.59 Å². The average molecular weight is 562 g/mol. The molecule has 0 saturated heterocycles. The molecule has 4 rings (SSSR count). The van der Waals surface area contributed by atoms with Crippen LogP contribution in [-0.2, 0) is 22.4 Å². The highest BCUT2D eigenvalue weighted by atomic mass is 32.1. The molecule has 1 aliphatic carbocycles. The summed E-state index contributed by atoms with van der Waals surface area (Å²) in [6, 6.07) is 12.8. The molecule has 1 saturated carbocycles. The third-order valence-electron chi connectivity index (χ3n) is 7.95. The summed E-state index contributed by atoms with van der Waals surface area (Å²) in [6.45, 7) is 6.22. The van der Waals surface area contributed by atoms with Gasteiger partial charge in [0.05, 0.1) is 12.0 Å². The highest BCUT2D eigenvalue weighted by Gasteiger charge is 2.32. The summed E-state index contributed by atoms with van der Waals surface area (Å²) in [5, 5.41) is 12.7. The molecule has 0 unspecified atom stereocenters. The van der Waals surface area contributed by atoms with Crippen molar-refractivity contribution >= 4 is 29.0 Å². The minimum absolute atomic E-state index is 0.0505. The van der Waals surface area contributed by atoms with E-state index in [4.69, 9.17) is 4.74 Å². The lowest BCUT2D eigenvalue weighted by molar-refractivity contribution is -0.141. The van der Waals surface area contributed by atoms with Crippen LogP contribution in [0.25, 0.3) is 10.4 Å². The van der Waals surface area contributed by atoms with Crippen molar-refractivity contribution in [2.75, 3.05) is 7.11 Å². The number of hydrogen-bond acceptors (Lipinski definition) is 5. The standard InChI is InChI=1S/C33H39NO5S/c1-20-16-21(2)28(22(3)17-20)15-12-26(35)18-25-19-29(23-10-13-27(39-4)14-11-23)40-31(25)32(36)34-30(33(37)38)24-8-6-5-7-9-24/h10-11,13-14,16-17,19,24,30H,5-9,12,15,18H2,1-4H3,(H,34,36)(H,37,38)/t30-/m0/s1. The summed E-state index contributed by atoms with van der Waals surface area (Å²) < 4.78 is 5.27. The molecular formula is C33H39NO5S. The first-order valence-corrected chi connectivity index (χ1v) is 14.9. The van der Waals surface area contributed by atoms with Crippen molar-refractivity contribution in [3.63, 3.8) is 0 Å². The van der Waals surface area contributed by atoms with Gasteiger partial charge in [0, 0.05) is 17.7 Å². The van der Waals surface area contributed by atoms with Gasteiger partial charge in [-0.05, 0) is 104 Å². The summed E-state index contributed by atoms with van der Waals surface area (Å²) in [4.78, 5) is 40.2. The molecule has 1 aliphatic rings. The van der Waals surface area contributed by atoms with E-state index in [1.54, 1.807) is 7.11 Å². The van der Waals surface area contributed by atoms with Gasteiger partial charge in [-0.2, -0.15) is 0 Å². The molecule has 6 nitrogen and oxygen atoms in total. The van der Waals surface area contributed by atoms with Crippen molar-refractivity contribution in [2.45, 2.75) is 78.2 Å². The predicted molar refractivity (Wildman–Crippen MR) is 159 cm³/mol. The first-order chi connectivity index (χ1) is 19.2. The summed E-state index contributed by atoms with van der Waals surface area (Å²) in [6.07, 6.45) is 5.79. The van der Waals surface area contributed by atoms with Gasteiger partial charge in [0.1, 0.15) is 17.6 Å². The van der Waals surface area contributed by atoms with E-state index in [0.717, 1.165) is 48.3 Å². The summed E-state index contributed by atoms with van der Waals surface area (Å²) in [5.74, 6) is -0.728. The van der Waals surface area contributed by atoms with E-state index in [1.807, 2.05) is 30.3 Å². The van der Waals surface area contributed by atoms with Crippen LogP contribution in [0.1, 0.15) is 76.0 Å². The number of rotatable bonds is 11. The number of ketones is 1. The van der Waals surface area contributed by atoms with E-state index < -0.39 is 17.9 Å². The van der Waals surface area contributed by atoms with Crippen LogP contribution < -0.4 is 10.1 Å². The summed E-state index contributed by atoms with van der Waals surface area (Å²) in [7, 11) is 1.61. The lowest BCUT2D eigenvalue weighted by Crippen LogP contribution is -2.46. The Labute approximate surface area is 240 Å². The average Bonchev–Trinajstić information content (AvgIpc) is 3.35. The van der Waals surface area contributed by atoms with E-state index in [0.29, 0.717) is 23.3 Å². The third kappa shape index (κ3) is 7.19. The second-order valence-electron chi connectivity index (χ2n) is 11.0. The molecular weight excluding hydrogens is 522 g/mol. The Morgan fingerprint density at radius 3 is 2.25 bits per heavy atom. The van der Waals surface area contributed by atoms with Gasteiger partial charge in [-0.1, -0.05) is 37.0 Å². The van der Waals surface area contributed by atoms with Gasteiger partial charge in [0.2, 0.25) is 0 Å². The number of methoxy groups -OCH3 is 1. The summed E-state index contributed by atoms with van der Waals surface area (Å²) in [5.41, 5.74) is 6.32. The number of aryl methyl sites for hydroxylation is 3. The van der Waals surface area contributed by atoms with Crippen molar-refractivity contribution in [3.8, 4) is 16.2 Å². The quantitative estimate of drug-likeness (QED) is 0.267. The van der Waals surface area contributed by atoms with E-state index >= 15 is 0 Å². The van der Waals surface area contributed by atoms with E-state index in [1.165, 1.54) is 33.6 Å². The number of carbonyl (C=O) groups is 3. The van der Waals surface area contributed by atoms with Crippen LogP contribution in [-0.4, -0.2) is 35.9 Å². The fourth-order valence-corrected chi connectivity index (χ4v) is 6.96. The fourth-order valence-electron chi connectivity index (χ4n) is 5.87. The molecule has 1 atom stereocenters. The largest absolute Gasteiger partial charge is 0.497 e. The number of thiophene rings is 1. The molecule has 212 valence electrons. The summed E-state index contributed by atoms with van der Waals surface area (Å²) >= 11 is 1.30.